The highest BCUT2D eigenvalue weighted by molar-refractivity contribution is 7.99. The van der Waals surface area contributed by atoms with Crippen LogP contribution in [0.15, 0.2) is 95.9 Å². The van der Waals surface area contributed by atoms with Crippen LogP contribution in [-0.4, -0.2) is 45.9 Å². The molecule has 2 aliphatic rings. The number of hydrogen-bond donors (Lipinski definition) is 3. The van der Waals surface area contributed by atoms with Crippen molar-refractivity contribution in [2.24, 2.45) is 5.92 Å². The van der Waals surface area contributed by atoms with E-state index in [-0.39, 0.29) is 47.0 Å². The summed E-state index contributed by atoms with van der Waals surface area (Å²) < 4.78 is 17.7. The number of carbonyl (C=O) groups is 4. The number of esters is 2. The van der Waals surface area contributed by atoms with Crippen LogP contribution in [0.25, 0.3) is 0 Å². The molecule has 0 aliphatic carbocycles. The smallest absolute Gasteiger partial charge is 0.346 e. The van der Waals surface area contributed by atoms with Crippen molar-refractivity contribution in [3.8, 4) is 0 Å². The van der Waals surface area contributed by atoms with Crippen molar-refractivity contribution in [2.45, 2.75) is 36.9 Å². The number of thioether (sulfide) groups is 1. The summed E-state index contributed by atoms with van der Waals surface area (Å²) in [7, 11) is 0. The van der Waals surface area contributed by atoms with Crippen molar-refractivity contribution in [3.05, 3.63) is 130 Å². The number of aromatic carboxylic acids is 1. The molecule has 10 nitrogen and oxygen atoms in total. The third kappa shape index (κ3) is 6.58. The Bertz CT molecular complexity index is 1810. The summed E-state index contributed by atoms with van der Waals surface area (Å²) in [5.74, 6) is -2.49. The van der Waals surface area contributed by atoms with Gasteiger partial charge in [0.15, 0.2) is 6.29 Å². The fourth-order valence-electron chi connectivity index (χ4n) is 5.37. The largest absolute Gasteiger partial charge is 0.478 e. The molecule has 4 aromatic carbocycles. The van der Waals surface area contributed by atoms with Crippen molar-refractivity contribution < 1.29 is 43.6 Å². The number of aliphatic hydroxyl groups excluding tert-OH is 1. The number of fused-ring (bicyclic) bond motifs is 1. The summed E-state index contributed by atoms with van der Waals surface area (Å²) in [4.78, 5) is 49.0. The zero-order valence-corrected chi connectivity index (χ0v) is 25.4. The molecule has 0 saturated carbocycles. The Labute approximate surface area is 268 Å². The summed E-state index contributed by atoms with van der Waals surface area (Å²) in [6.07, 6.45) is -1.40. The minimum atomic E-state index is -0.984. The highest BCUT2D eigenvalue weighted by atomic mass is 32.2. The number of rotatable bonds is 9. The first-order valence-corrected chi connectivity index (χ1v) is 15.5. The maximum atomic E-state index is 13.1. The first-order chi connectivity index (χ1) is 22.2. The minimum Gasteiger partial charge on any atom is -0.478 e. The van der Waals surface area contributed by atoms with Crippen LogP contribution in [0.2, 0.25) is 0 Å². The van der Waals surface area contributed by atoms with Gasteiger partial charge in [0.2, 0.25) is 0 Å². The Kier molecular flexibility index (Phi) is 9.00. The monoisotopic (exact) mass is 639 g/mol. The first-order valence-electron chi connectivity index (χ1n) is 14.5. The van der Waals surface area contributed by atoms with Gasteiger partial charge in [0.05, 0.1) is 35.5 Å². The molecule has 46 heavy (non-hydrogen) atoms. The number of hydrogen-bond acceptors (Lipinski definition) is 9. The van der Waals surface area contributed by atoms with E-state index in [0.29, 0.717) is 17.0 Å². The van der Waals surface area contributed by atoms with Gasteiger partial charge in [-0.1, -0.05) is 43.3 Å². The molecule has 4 atom stereocenters. The molecule has 0 spiro atoms. The van der Waals surface area contributed by atoms with Crippen molar-refractivity contribution in [2.75, 3.05) is 11.1 Å². The Balaban J connectivity index is 1.22. The van der Waals surface area contributed by atoms with Crippen molar-refractivity contribution >= 4 is 41.3 Å². The summed E-state index contributed by atoms with van der Waals surface area (Å²) >= 11 is 1.55. The van der Waals surface area contributed by atoms with Gasteiger partial charge in [-0.3, -0.25) is 4.79 Å². The van der Waals surface area contributed by atoms with Gasteiger partial charge in [-0.25, -0.2) is 14.4 Å². The van der Waals surface area contributed by atoms with E-state index in [1.807, 2.05) is 30.3 Å². The van der Waals surface area contributed by atoms with Crippen LogP contribution >= 0.6 is 11.8 Å². The quantitative estimate of drug-likeness (QED) is 0.113. The fraction of sp³-hybridized carbons (Fsp3) is 0.200. The molecule has 6 rings (SSSR count). The number of benzene rings is 4. The number of nitrogens with one attached hydrogen (secondary N) is 1. The molecule has 11 heteroatoms. The average Bonchev–Trinajstić information content (AvgIpc) is 3.36. The molecule has 0 radical (unpaired) electrons. The van der Waals surface area contributed by atoms with E-state index < -0.39 is 30.1 Å². The first kappa shape index (κ1) is 31.2. The highest BCUT2D eigenvalue weighted by Gasteiger charge is 2.38. The third-order valence-corrected chi connectivity index (χ3v) is 9.06. The molecule has 0 bridgehead atoms. The van der Waals surface area contributed by atoms with Gasteiger partial charge in [-0.15, -0.1) is 11.8 Å². The van der Waals surface area contributed by atoms with E-state index in [0.717, 1.165) is 16.0 Å². The van der Waals surface area contributed by atoms with Crippen LogP contribution in [0, 0.1) is 5.92 Å². The number of carboxylic acids is 1. The lowest BCUT2D eigenvalue weighted by Crippen LogP contribution is -2.38. The SMILES string of the molecule is CC1C(CSc2ccc(C(=O)O)cc2)OC(c2cccc(NC(=O)c3ccc4c(c3)C(=O)OC4=O)c2)OC1c1ccc(CO)cc1. The van der Waals surface area contributed by atoms with Crippen LogP contribution in [0.3, 0.4) is 0 Å². The zero-order chi connectivity index (χ0) is 32.4. The lowest BCUT2D eigenvalue weighted by atomic mass is 9.91. The molecule has 4 aromatic rings. The highest BCUT2D eigenvalue weighted by Crippen LogP contribution is 2.43. The molecule has 234 valence electrons. The second kappa shape index (κ2) is 13.3. The van der Waals surface area contributed by atoms with Gasteiger partial charge < -0.3 is 29.7 Å². The molecular formula is C35H29NO9S. The average molecular weight is 640 g/mol. The predicted octanol–water partition coefficient (Wildman–Crippen LogP) is 6.02. The number of anilines is 1. The minimum absolute atomic E-state index is 0.0457. The van der Waals surface area contributed by atoms with Gasteiger partial charge in [-0.05, 0) is 65.7 Å². The predicted molar refractivity (Wildman–Crippen MR) is 168 cm³/mol. The third-order valence-electron chi connectivity index (χ3n) is 7.96. The molecule has 3 N–H and O–H groups in total. The van der Waals surface area contributed by atoms with Crippen LogP contribution in [0.5, 0.6) is 0 Å². The Morgan fingerprint density at radius 3 is 2.26 bits per heavy atom. The fourth-order valence-corrected chi connectivity index (χ4v) is 6.44. The number of aliphatic hydroxyl groups is 1. The van der Waals surface area contributed by atoms with Crippen molar-refractivity contribution in [1.82, 2.24) is 0 Å². The molecule has 1 amide bonds. The van der Waals surface area contributed by atoms with Gasteiger partial charge >= 0.3 is 17.9 Å². The standard InChI is InChI=1S/C35H29NO9S/c1-19-29(18-46-26-12-9-22(10-13-26)32(39)40)43-35(44-30(19)21-7-5-20(17-37)6-8-21)24-3-2-4-25(15-24)36-31(38)23-11-14-27-28(16-23)34(42)45-33(27)41/h2-16,19,29-30,35,37H,17-18H2,1H3,(H,36,38)(H,39,40). The summed E-state index contributed by atoms with van der Waals surface area (Å²) in [6, 6.07) is 25.5. The Morgan fingerprint density at radius 2 is 1.54 bits per heavy atom. The molecular weight excluding hydrogens is 610 g/mol. The van der Waals surface area contributed by atoms with E-state index in [4.69, 9.17) is 9.47 Å². The maximum Gasteiger partial charge on any atom is 0.346 e. The van der Waals surface area contributed by atoms with Crippen LogP contribution < -0.4 is 5.32 Å². The maximum absolute atomic E-state index is 13.1. The molecule has 4 unspecified atom stereocenters. The van der Waals surface area contributed by atoms with E-state index in [2.05, 4.69) is 17.0 Å². The molecule has 2 aliphatic heterocycles. The van der Waals surface area contributed by atoms with Gasteiger partial charge in [0.1, 0.15) is 0 Å². The van der Waals surface area contributed by atoms with Gasteiger partial charge in [0.25, 0.3) is 5.91 Å². The lowest BCUT2D eigenvalue weighted by Gasteiger charge is -2.41. The van der Waals surface area contributed by atoms with Crippen molar-refractivity contribution in [1.29, 1.82) is 0 Å². The van der Waals surface area contributed by atoms with E-state index in [9.17, 15) is 29.4 Å². The summed E-state index contributed by atoms with van der Waals surface area (Å²) in [5, 5.41) is 21.6. The zero-order valence-electron chi connectivity index (χ0n) is 24.5. The lowest BCUT2D eigenvalue weighted by molar-refractivity contribution is -0.268. The second-order valence-corrected chi connectivity index (χ2v) is 12.1. The summed E-state index contributed by atoms with van der Waals surface area (Å²) in [5.41, 5.74) is 3.43. The molecule has 0 aromatic heterocycles. The number of amides is 1. The number of cyclic esters (lactones) is 2. The molecule has 1 saturated heterocycles. The molecule has 2 heterocycles. The Morgan fingerprint density at radius 1 is 0.826 bits per heavy atom. The topological polar surface area (TPSA) is 148 Å². The van der Waals surface area contributed by atoms with Gasteiger partial charge in [0, 0.05) is 33.4 Å². The van der Waals surface area contributed by atoms with Crippen LogP contribution in [0.1, 0.15) is 77.4 Å². The van der Waals surface area contributed by atoms with E-state index in [1.54, 1.807) is 54.2 Å². The molecule has 1 fully saturated rings. The Hall–Kier alpha value is -4.81. The van der Waals surface area contributed by atoms with Crippen LogP contribution in [0.4, 0.5) is 5.69 Å². The van der Waals surface area contributed by atoms with Gasteiger partial charge in [-0.2, -0.15) is 0 Å². The number of carboxylic acid groups (broad SMARTS) is 1. The van der Waals surface area contributed by atoms with Crippen LogP contribution in [-0.2, 0) is 20.8 Å². The number of ether oxygens (including phenoxy) is 3. The second-order valence-electron chi connectivity index (χ2n) is 11.0. The van der Waals surface area contributed by atoms with E-state index >= 15 is 0 Å². The van der Waals surface area contributed by atoms with E-state index in [1.165, 1.54) is 18.2 Å². The summed E-state index contributed by atoms with van der Waals surface area (Å²) in [6.45, 7) is 1.98. The van der Waals surface area contributed by atoms with Crippen molar-refractivity contribution in [3.63, 3.8) is 0 Å². The number of carbonyl (C=O) groups excluding carboxylic acids is 3. The normalized spacial score (nSPS) is 20.6.